The molecule has 10 heavy (non-hydrogen) atoms. The van der Waals surface area contributed by atoms with E-state index in [4.69, 9.17) is 11.6 Å². The van der Waals surface area contributed by atoms with Crippen LogP contribution in [0.2, 0.25) is 5.02 Å². The van der Waals surface area contributed by atoms with Crippen molar-refractivity contribution in [2.24, 2.45) is 0 Å². The maximum absolute atomic E-state index is 12.9. The minimum absolute atomic E-state index is 0.215. The van der Waals surface area contributed by atoms with E-state index >= 15 is 0 Å². The molecule has 1 aromatic rings. The van der Waals surface area contributed by atoms with Crippen LogP contribution in [0.15, 0.2) is 12.1 Å². The molecule has 0 bridgehead atoms. The molecule has 3 heteroatoms. The molecule has 0 aliphatic rings. The fourth-order valence-electron chi connectivity index (χ4n) is 0.628. The highest BCUT2D eigenvalue weighted by Crippen LogP contribution is 2.21. The molecule has 0 saturated carbocycles. The standard InChI is InChI=1S/C7H5ClFI/c1-4-5(8)2-3-6(10)7(4)9/h2-3H,1H3. The van der Waals surface area contributed by atoms with Crippen LogP contribution in [0, 0.1) is 16.3 Å². The SMILES string of the molecule is Cc1c(Cl)ccc(I)c1F. The van der Waals surface area contributed by atoms with E-state index in [0.29, 0.717) is 14.2 Å². The van der Waals surface area contributed by atoms with E-state index in [0.717, 1.165) is 0 Å². The Bertz CT molecular complexity index is 233. The van der Waals surface area contributed by atoms with Crippen molar-refractivity contribution in [3.63, 3.8) is 0 Å². The van der Waals surface area contributed by atoms with Crippen molar-refractivity contribution >= 4 is 34.2 Å². The number of hydrogen-bond donors (Lipinski definition) is 0. The second kappa shape index (κ2) is 3.05. The summed E-state index contributed by atoms with van der Waals surface area (Å²) in [6.45, 7) is 1.67. The highest BCUT2D eigenvalue weighted by molar-refractivity contribution is 14.1. The van der Waals surface area contributed by atoms with Gasteiger partial charge >= 0.3 is 0 Å². The predicted molar refractivity (Wildman–Crippen MR) is 48.9 cm³/mol. The van der Waals surface area contributed by atoms with Crippen LogP contribution in [0.3, 0.4) is 0 Å². The number of rotatable bonds is 0. The molecule has 0 atom stereocenters. The first-order chi connectivity index (χ1) is 4.63. The van der Waals surface area contributed by atoms with Gasteiger partial charge < -0.3 is 0 Å². The quantitative estimate of drug-likeness (QED) is 0.501. The van der Waals surface area contributed by atoms with Crippen LogP contribution in [0.1, 0.15) is 5.56 Å². The summed E-state index contributed by atoms with van der Waals surface area (Å²) in [6.07, 6.45) is 0. The van der Waals surface area contributed by atoms with Crippen LogP contribution in [0.5, 0.6) is 0 Å². The van der Waals surface area contributed by atoms with Crippen molar-refractivity contribution in [3.05, 3.63) is 32.1 Å². The van der Waals surface area contributed by atoms with E-state index in [1.165, 1.54) is 0 Å². The Hall–Kier alpha value is 0.170. The van der Waals surface area contributed by atoms with Gasteiger partial charge in [0.2, 0.25) is 0 Å². The zero-order valence-electron chi connectivity index (χ0n) is 5.29. The molecule has 0 saturated heterocycles. The van der Waals surface area contributed by atoms with Crippen LogP contribution < -0.4 is 0 Å². The molecule has 0 fully saturated rings. The minimum Gasteiger partial charge on any atom is -0.205 e. The zero-order chi connectivity index (χ0) is 7.72. The second-order valence-electron chi connectivity index (χ2n) is 1.97. The molecule has 1 aromatic carbocycles. The van der Waals surface area contributed by atoms with E-state index < -0.39 is 0 Å². The molecular formula is C7H5ClFI. The van der Waals surface area contributed by atoms with Gasteiger partial charge in [-0.3, -0.25) is 0 Å². The lowest BCUT2D eigenvalue weighted by molar-refractivity contribution is 0.611. The van der Waals surface area contributed by atoms with Crippen molar-refractivity contribution in [2.75, 3.05) is 0 Å². The first-order valence-corrected chi connectivity index (χ1v) is 4.18. The lowest BCUT2D eigenvalue weighted by Crippen LogP contribution is -1.86. The van der Waals surface area contributed by atoms with Crippen LogP contribution in [-0.2, 0) is 0 Å². The number of halogens is 3. The highest BCUT2D eigenvalue weighted by Gasteiger charge is 2.04. The largest absolute Gasteiger partial charge is 0.205 e. The number of hydrogen-bond acceptors (Lipinski definition) is 0. The van der Waals surface area contributed by atoms with Crippen LogP contribution >= 0.6 is 34.2 Å². The molecule has 0 unspecified atom stereocenters. The lowest BCUT2D eigenvalue weighted by Gasteiger charge is -1.99. The molecule has 0 N–H and O–H groups in total. The van der Waals surface area contributed by atoms with Crippen molar-refractivity contribution in [2.45, 2.75) is 6.92 Å². The van der Waals surface area contributed by atoms with Gasteiger partial charge in [-0.25, -0.2) is 4.39 Å². The lowest BCUT2D eigenvalue weighted by atomic mass is 10.2. The Morgan fingerprint density at radius 3 is 2.60 bits per heavy atom. The molecule has 0 aliphatic carbocycles. The first-order valence-electron chi connectivity index (χ1n) is 2.73. The maximum atomic E-state index is 12.9. The van der Waals surface area contributed by atoms with Crippen molar-refractivity contribution in [1.82, 2.24) is 0 Å². The predicted octanol–water partition coefficient (Wildman–Crippen LogP) is 3.39. The van der Waals surface area contributed by atoms with Gasteiger partial charge in [0, 0.05) is 14.2 Å². The van der Waals surface area contributed by atoms with Gasteiger partial charge in [-0.05, 0) is 41.6 Å². The third kappa shape index (κ3) is 1.42. The molecule has 0 radical (unpaired) electrons. The van der Waals surface area contributed by atoms with Gasteiger partial charge in [0.25, 0.3) is 0 Å². The summed E-state index contributed by atoms with van der Waals surface area (Å²) in [5, 5.41) is 0.484. The summed E-state index contributed by atoms with van der Waals surface area (Å²) in [6, 6.07) is 3.35. The molecule has 0 heterocycles. The highest BCUT2D eigenvalue weighted by atomic mass is 127. The van der Waals surface area contributed by atoms with E-state index in [1.807, 2.05) is 22.6 Å². The molecule has 0 aliphatic heterocycles. The van der Waals surface area contributed by atoms with Gasteiger partial charge in [-0.15, -0.1) is 0 Å². The molecule has 0 aromatic heterocycles. The van der Waals surface area contributed by atoms with Gasteiger partial charge in [-0.2, -0.15) is 0 Å². The van der Waals surface area contributed by atoms with E-state index in [9.17, 15) is 4.39 Å². The molecule has 1 rings (SSSR count). The fourth-order valence-corrected chi connectivity index (χ4v) is 1.36. The summed E-state index contributed by atoms with van der Waals surface area (Å²) in [7, 11) is 0. The van der Waals surface area contributed by atoms with Gasteiger partial charge in [0.05, 0.1) is 0 Å². The Morgan fingerprint density at radius 2 is 2.10 bits per heavy atom. The van der Waals surface area contributed by atoms with Crippen molar-refractivity contribution in [1.29, 1.82) is 0 Å². The van der Waals surface area contributed by atoms with Crippen LogP contribution in [0.4, 0.5) is 4.39 Å². The third-order valence-corrected chi connectivity index (χ3v) is 2.52. The number of benzene rings is 1. The fraction of sp³-hybridized carbons (Fsp3) is 0.143. The monoisotopic (exact) mass is 270 g/mol. The molecule has 0 nitrogen and oxygen atoms in total. The Balaban J connectivity index is 3.34. The van der Waals surface area contributed by atoms with Crippen LogP contribution in [0.25, 0.3) is 0 Å². The molecular weight excluding hydrogens is 265 g/mol. The third-order valence-electron chi connectivity index (χ3n) is 1.27. The Kier molecular flexibility index (Phi) is 2.52. The van der Waals surface area contributed by atoms with E-state index in [1.54, 1.807) is 19.1 Å². The topological polar surface area (TPSA) is 0 Å². The van der Waals surface area contributed by atoms with Gasteiger partial charge in [0.15, 0.2) is 0 Å². The van der Waals surface area contributed by atoms with Gasteiger partial charge in [0.1, 0.15) is 5.82 Å². The molecule has 0 amide bonds. The van der Waals surface area contributed by atoms with Gasteiger partial charge in [-0.1, -0.05) is 11.6 Å². The minimum atomic E-state index is -0.215. The summed E-state index contributed by atoms with van der Waals surface area (Å²) < 4.78 is 13.5. The first kappa shape index (κ1) is 8.27. The average molecular weight is 270 g/mol. The maximum Gasteiger partial charge on any atom is 0.140 e. The second-order valence-corrected chi connectivity index (χ2v) is 3.54. The molecule has 0 spiro atoms. The normalized spacial score (nSPS) is 10.0. The zero-order valence-corrected chi connectivity index (χ0v) is 8.20. The Morgan fingerprint density at radius 1 is 1.50 bits per heavy atom. The smallest absolute Gasteiger partial charge is 0.140 e. The summed E-state index contributed by atoms with van der Waals surface area (Å²) in [4.78, 5) is 0. The summed E-state index contributed by atoms with van der Waals surface area (Å²) in [5.74, 6) is -0.215. The van der Waals surface area contributed by atoms with Crippen LogP contribution in [-0.4, -0.2) is 0 Å². The molecule has 54 valence electrons. The summed E-state index contributed by atoms with van der Waals surface area (Å²) >= 11 is 7.58. The van der Waals surface area contributed by atoms with E-state index in [-0.39, 0.29) is 5.82 Å². The average Bonchev–Trinajstić information content (AvgIpc) is 1.93. The van der Waals surface area contributed by atoms with E-state index in [2.05, 4.69) is 0 Å². The van der Waals surface area contributed by atoms with Crippen molar-refractivity contribution in [3.8, 4) is 0 Å². The Labute approximate surface area is 77.5 Å². The van der Waals surface area contributed by atoms with Crippen molar-refractivity contribution < 1.29 is 4.39 Å². The summed E-state index contributed by atoms with van der Waals surface area (Å²) in [5.41, 5.74) is 0.522.